The lowest BCUT2D eigenvalue weighted by Gasteiger charge is -2.26. The summed E-state index contributed by atoms with van der Waals surface area (Å²) < 4.78 is 9.94. The molecule has 1 aromatic heterocycles. The first-order valence-corrected chi connectivity index (χ1v) is 5.19. The Balaban J connectivity index is 2.28. The van der Waals surface area contributed by atoms with Crippen molar-refractivity contribution in [1.29, 1.82) is 0 Å². The molecule has 2 unspecified atom stereocenters. The standard InChI is InChI=1S/C10H14N2O4/c1-6-8(12-16-11-6)5-10(9(13)14)3-4-15-7(10)2/h7H,3-5H2,1-2H3,(H,13,14). The van der Waals surface area contributed by atoms with Crippen LogP contribution in [0.5, 0.6) is 0 Å². The molecule has 0 amide bonds. The lowest BCUT2D eigenvalue weighted by atomic mass is 9.77. The second-order valence-corrected chi connectivity index (χ2v) is 4.20. The van der Waals surface area contributed by atoms with Gasteiger partial charge in [0.2, 0.25) is 0 Å². The van der Waals surface area contributed by atoms with Crippen molar-refractivity contribution in [3.63, 3.8) is 0 Å². The summed E-state index contributed by atoms with van der Waals surface area (Å²) in [6.45, 7) is 4.00. The van der Waals surface area contributed by atoms with Crippen molar-refractivity contribution >= 4 is 5.97 Å². The Morgan fingerprint density at radius 1 is 1.62 bits per heavy atom. The molecule has 16 heavy (non-hydrogen) atoms. The van der Waals surface area contributed by atoms with E-state index in [4.69, 9.17) is 4.74 Å². The number of hydrogen-bond donors (Lipinski definition) is 1. The van der Waals surface area contributed by atoms with Crippen LogP contribution < -0.4 is 0 Å². The molecule has 6 heteroatoms. The number of carboxylic acid groups (broad SMARTS) is 1. The second kappa shape index (κ2) is 3.86. The van der Waals surface area contributed by atoms with Crippen LogP contribution in [0, 0.1) is 12.3 Å². The van der Waals surface area contributed by atoms with Gasteiger partial charge in [-0.15, -0.1) is 0 Å². The number of aryl methyl sites for hydroxylation is 1. The molecule has 2 rings (SSSR count). The van der Waals surface area contributed by atoms with Gasteiger partial charge in [-0.2, -0.15) is 0 Å². The number of ether oxygens (including phenoxy) is 1. The maximum absolute atomic E-state index is 11.4. The third kappa shape index (κ3) is 1.59. The van der Waals surface area contributed by atoms with Gasteiger partial charge >= 0.3 is 5.97 Å². The molecule has 1 fully saturated rings. The number of rotatable bonds is 3. The molecule has 2 heterocycles. The van der Waals surface area contributed by atoms with E-state index in [2.05, 4.69) is 14.9 Å². The molecule has 0 saturated carbocycles. The molecular formula is C10H14N2O4. The van der Waals surface area contributed by atoms with E-state index in [1.54, 1.807) is 13.8 Å². The number of aliphatic carboxylic acids is 1. The first kappa shape index (κ1) is 11.1. The molecule has 0 aromatic carbocycles. The van der Waals surface area contributed by atoms with Gasteiger partial charge in [0.25, 0.3) is 0 Å². The molecule has 2 atom stereocenters. The summed E-state index contributed by atoms with van der Waals surface area (Å²) in [6, 6.07) is 0. The lowest BCUT2D eigenvalue weighted by Crippen LogP contribution is -2.39. The van der Waals surface area contributed by atoms with Crippen LogP contribution in [-0.2, 0) is 16.0 Å². The highest BCUT2D eigenvalue weighted by Gasteiger charge is 2.49. The first-order valence-electron chi connectivity index (χ1n) is 5.19. The molecule has 0 spiro atoms. The zero-order valence-corrected chi connectivity index (χ0v) is 9.27. The molecule has 0 aliphatic carbocycles. The van der Waals surface area contributed by atoms with Gasteiger partial charge in [-0.3, -0.25) is 4.79 Å². The minimum Gasteiger partial charge on any atom is -0.481 e. The van der Waals surface area contributed by atoms with Gasteiger partial charge in [0.15, 0.2) is 0 Å². The highest BCUT2D eigenvalue weighted by atomic mass is 16.6. The Labute approximate surface area is 92.6 Å². The Hall–Kier alpha value is -1.43. The maximum Gasteiger partial charge on any atom is 0.312 e. The zero-order chi connectivity index (χ0) is 11.8. The van der Waals surface area contributed by atoms with E-state index in [0.29, 0.717) is 30.8 Å². The quantitative estimate of drug-likeness (QED) is 0.820. The molecule has 1 aliphatic rings. The topological polar surface area (TPSA) is 85.5 Å². The first-order chi connectivity index (χ1) is 7.56. The van der Waals surface area contributed by atoms with Crippen molar-refractivity contribution in [2.75, 3.05) is 6.61 Å². The van der Waals surface area contributed by atoms with Crippen molar-refractivity contribution in [3.05, 3.63) is 11.4 Å². The summed E-state index contributed by atoms with van der Waals surface area (Å²) in [5.74, 6) is -0.847. The SMILES string of the molecule is Cc1nonc1CC1(C(=O)O)CCOC1C. The Bertz CT molecular complexity index is 403. The molecule has 0 radical (unpaired) electrons. The predicted octanol–water partition coefficient (Wildman–Crippen LogP) is 0.800. The van der Waals surface area contributed by atoms with E-state index in [9.17, 15) is 9.90 Å². The highest BCUT2D eigenvalue weighted by Crippen LogP contribution is 2.38. The van der Waals surface area contributed by atoms with E-state index in [0.717, 1.165) is 0 Å². The van der Waals surface area contributed by atoms with E-state index >= 15 is 0 Å². The summed E-state index contributed by atoms with van der Waals surface area (Å²) in [6.07, 6.45) is 0.482. The fourth-order valence-electron chi connectivity index (χ4n) is 2.08. The van der Waals surface area contributed by atoms with Crippen LogP contribution in [0.2, 0.25) is 0 Å². The molecule has 1 saturated heterocycles. The van der Waals surface area contributed by atoms with Gasteiger partial charge in [-0.1, -0.05) is 10.3 Å². The van der Waals surface area contributed by atoms with Crippen LogP contribution in [0.15, 0.2) is 4.63 Å². The second-order valence-electron chi connectivity index (χ2n) is 4.20. The Morgan fingerprint density at radius 3 is 2.81 bits per heavy atom. The number of carboxylic acids is 1. The van der Waals surface area contributed by atoms with E-state index in [-0.39, 0.29) is 6.10 Å². The van der Waals surface area contributed by atoms with Gasteiger partial charge < -0.3 is 9.84 Å². The highest BCUT2D eigenvalue weighted by molar-refractivity contribution is 5.76. The molecule has 1 aliphatic heterocycles. The predicted molar refractivity (Wildman–Crippen MR) is 52.8 cm³/mol. The minimum absolute atomic E-state index is 0.304. The maximum atomic E-state index is 11.4. The van der Waals surface area contributed by atoms with Gasteiger partial charge in [-0.05, 0) is 20.3 Å². The van der Waals surface area contributed by atoms with Crippen LogP contribution in [0.25, 0.3) is 0 Å². The van der Waals surface area contributed by atoms with Crippen LogP contribution in [0.1, 0.15) is 24.7 Å². The summed E-state index contributed by atoms with van der Waals surface area (Å²) >= 11 is 0. The molecule has 1 N–H and O–H groups in total. The van der Waals surface area contributed by atoms with E-state index in [1.165, 1.54) is 0 Å². The third-order valence-electron chi connectivity index (χ3n) is 3.35. The van der Waals surface area contributed by atoms with Gasteiger partial charge in [0.05, 0.1) is 6.10 Å². The van der Waals surface area contributed by atoms with Crippen LogP contribution in [-0.4, -0.2) is 34.1 Å². The van der Waals surface area contributed by atoms with Gasteiger partial charge in [0.1, 0.15) is 16.8 Å². The number of aromatic nitrogens is 2. The number of nitrogens with zero attached hydrogens (tertiary/aromatic N) is 2. The largest absolute Gasteiger partial charge is 0.481 e. The third-order valence-corrected chi connectivity index (χ3v) is 3.35. The smallest absolute Gasteiger partial charge is 0.312 e. The van der Waals surface area contributed by atoms with Crippen LogP contribution in [0.4, 0.5) is 0 Å². The summed E-state index contributed by atoms with van der Waals surface area (Å²) in [4.78, 5) is 11.4. The van der Waals surface area contributed by atoms with E-state index < -0.39 is 11.4 Å². The Morgan fingerprint density at radius 2 is 2.38 bits per heavy atom. The van der Waals surface area contributed by atoms with Crippen LogP contribution >= 0.6 is 0 Å². The number of hydrogen-bond acceptors (Lipinski definition) is 5. The molecule has 6 nitrogen and oxygen atoms in total. The fourth-order valence-corrected chi connectivity index (χ4v) is 2.08. The zero-order valence-electron chi connectivity index (χ0n) is 9.27. The normalized spacial score (nSPS) is 29.5. The lowest BCUT2D eigenvalue weighted by molar-refractivity contribution is -0.151. The number of carbonyl (C=O) groups is 1. The summed E-state index contributed by atoms with van der Waals surface area (Å²) in [7, 11) is 0. The van der Waals surface area contributed by atoms with Gasteiger partial charge in [0, 0.05) is 13.0 Å². The van der Waals surface area contributed by atoms with Crippen molar-refractivity contribution < 1.29 is 19.3 Å². The van der Waals surface area contributed by atoms with Crippen LogP contribution in [0.3, 0.4) is 0 Å². The summed E-state index contributed by atoms with van der Waals surface area (Å²) in [5.41, 5.74) is 0.336. The fraction of sp³-hybridized carbons (Fsp3) is 0.700. The molecule has 0 bridgehead atoms. The van der Waals surface area contributed by atoms with Crippen molar-refractivity contribution in [1.82, 2.24) is 10.3 Å². The van der Waals surface area contributed by atoms with Crippen molar-refractivity contribution in [2.24, 2.45) is 5.41 Å². The van der Waals surface area contributed by atoms with Crippen molar-refractivity contribution in [2.45, 2.75) is 32.8 Å². The van der Waals surface area contributed by atoms with E-state index in [1.807, 2.05) is 0 Å². The average Bonchev–Trinajstić information content (AvgIpc) is 2.77. The van der Waals surface area contributed by atoms with Crippen molar-refractivity contribution in [3.8, 4) is 0 Å². The summed E-state index contributed by atoms with van der Waals surface area (Å²) in [5, 5.41) is 16.8. The Kier molecular flexibility index (Phi) is 2.67. The molecule has 1 aromatic rings. The minimum atomic E-state index is -0.899. The van der Waals surface area contributed by atoms with Gasteiger partial charge in [-0.25, -0.2) is 4.63 Å². The molecular weight excluding hydrogens is 212 g/mol. The monoisotopic (exact) mass is 226 g/mol. The average molecular weight is 226 g/mol. The molecule has 88 valence electrons.